The van der Waals surface area contributed by atoms with Crippen molar-refractivity contribution in [3.8, 4) is 5.75 Å². The van der Waals surface area contributed by atoms with Crippen molar-refractivity contribution in [3.63, 3.8) is 0 Å². The number of ether oxygens (including phenoxy) is 1. The highest BCUT2D eigenvalue weighted by molar-refractivity contribution is 7.89. The van der Waals surface area contributed by atoms with Crippen molar-refractivity contribution in [3.05, 3.63) is 59.1 Å². The number of hydrogen-bond acceptors (Lipinski definition) is 4. The number of nitrogens with zero attached hydrogens (tertiary/aromatic N) is 1. The second-order valence-electron chi connectivity index (χ2n) is 8.14. The zero-order valence-electron chi connectivity index (χ0n) is 17.7. The summed E-state index contributed by atoms with van der Waals surface area (Å²) in [6, 6.07) is 14.6. The van der Waals surface area contributed by atoms with Gasteiger partial charge in [0.25, 0.3) is 0 Å². The van der Waals surface area contributed by atoms with Crippen LogP contribution in [-0.4, -0.2) is 46.1 Å². The largest absolute Gasteiger partial charge is 0.492 e. The first-order valence-corrected chi connectivity index (χ1v) is 12.4. The number of likely N-dealkylation sites (tertiary alicyclic amines) is 1. The lowest BCUT2D eigenvalue weighted by atomic mass is 9.97. The van der Waals surface area contributed by atoms with Gasteiger partial charge in [-0.1, -0.05) is 49.7 Å². The molecule has 0 unspecified atom stereocenters. The fourth-order valence-corrected chi connectivity index (χ4v) is 5.15. The van der Waals surface area contributed by atoms with Crippen LogP contribution in [0.4, 0.5) is 0 Å². The van der Waals surface area contributed by atoms with Crippen LogP contribution >= 0.6 is 11.6 Å². The Morgan fingerprint density at radius 2 is 1.87 bits per heavy atom. The van der Waals surface area contributed by atoms with Gasteiger partial charge in [0.15, 0.2) is 0 Å². The first-order chi connectivity index (χ1) is 14.3. The van der Waals surface area contributed by atoms with E-state index in [4.69, 9.17) is 16.3 Å². The molecule has 1 N–H and O–H groups in total. The van der Waals surface area contributed by atoms with Crippen molar-refractivity contribution >= 4 is 21.6 Å². The van der Waals surface area contributed by atoms with Crippen molar-refractivity contribution in [2.24, 2.45) is 5.92 Å². The summed E-state index contributed by atoms with van der Waals surface area (Å²) in [5.41, 5.74) is 1.24. The summed E-state index contributed by atoms with van der Waals surface area (Å²) in [5.74, 6) is 1.75. The SMILES string of the molecule is CC(C)c1ccccc1OCCN1CCC(CNS(=O)(=O)c2cccc(Cl)c2)CC1. The monoisotopic (exact) mass is 450 g/mol. The number of rotatable bonds is 9. The normalized spacial score (nSPS) is 16.1. The first-order valence-electron chi connectivity index (χ1n) is 10.5. The third kappa shape index (κ3) is 6.45. The van der Waals surface area contributed by atoms with Crippen LogP contribution in [0.1, 0.15) is 38.2 Å². The molecule has 0 bridgehead atoms. The van der Waals surface area contributed by atoms with Gasteiger partial charge in [-0.25, -0.2) is 13.1 Å². The standard InChI is InChI=1S/C23H31ClN2O3S/c1-18(2)22-8-3-4-9-23(22)29-15-14-26-12-10-19(11-13-26)17-25-30(27,28)21-7-5-6-20(24)16-21/h3-9,16,18-19,25H,10-15,17H2,1-2H3. The van der Waals surface area contributed by atoms with Crippen molar-refractivity contribution in [1.29, 1.82) is 0 Å². The minimum Gasteiger partial charge on any atom is -0.492 e. The second kappa shape index (κ2) is 10.6. The number of nitrogens with one attached hydrogen (secondary N) is 1. The van der Waals surface area contributed by atoms with Crippen LogP contribution in [0.5, 0.6) is 5.75 Å². The van der Waals surface area contributed by atoms with E-state index < -0.39 is 10.0 Å². The van der Waals surface area contributed by atoms with Crippen LogP contribution < -0.4 is 9.46 Å². The molecule has 0 aromatic heterocycles. The van der Waals surface area contributed by atoms with Crippen LogP contribution in [0.3, 0.4) is 0 Å². The quantitative estimate of drug-likeness (QED) is 0.609. The number of piperidine rings is 1. The second-order valence-corrected chi connectivity index (χ2v) is 10.3. The van der Waals surface area contributed by atoms with Gasteiger partial charge in [0.05, 0.1) is 4.90 Å². The van der Waals surface area contributed by atoms with E-state index in [0.717, 1.165) is 38.2 Å². The Bertz CT molecular complexity index is 926. The molecule has 164 valence electrons. The fourth-order valence-electron chi connectivity index (χ4n) is 3.73. The molecule has 0 aliphatic carbocycles. The van der Waals surface area contributed by atoms with Crippen LogP contribution in [0.25, 0.3) is 0 Å². The van der Waals surface area contributed by atoms with Crippen LogP contribution in [0.2, 0.25) is 5.02 Å². The van der Waals surface area contributed by atoms with E-state index in [2.05, 4.69) is 29.5 Å². The van der Waals surface area contributed by atoms with Gasteiger partial charge in [0.1, 0.15) is 12.4 Å². The van der Waals surface area contributed by atoms with E-state index in [0.29, 0.717) is 30.0 Å². The molecular weight excluding hydrogens is 420 g/mol. The average Bonchev–Trinajstić information content (AvgIpc) is 2.73. The van der Waals surface area contributed by atoms with Crippen molar-refractivity contribution in [1.82, 2.24) is 9.62 Å². The summed E-state index contributed by atoms with van der Waals surface area (Å²) >= 11 is 5.91. The van der Waals surface area contributed by atoms with Gasteiger partial charge in [0, 0.05) is 18.1 Å². The van der Waals surface area contributed by atoms with Crippen LogP contribution in [0.15, 0.2) is 53.4 Å². The Morgan fingerprint density at radius 3 is 2.57 bits per heavy atom. The number of hydrogen-bond donors (Lipinski definition) is 1. The highest BCUT2D eigenvalue weighted by Crippen LogP contribution is 2.26. The maximum Gasteiger partial charge on any atom is 0.240 e. The lowest BCUT2D eigenvalue weighted by molar-refractivity contribution is 0.155. The summed E-state index contributed by atoms with van der Waals surface area (Å²) in [6.07, 6.45) is 1.95. The van der Waals surface area contributed by atoms with Crippen molar-refractivity contribution in [2.75, 3.05) is 32.8 Å². The maximum absolute atomic E-state index is 12.4. The molecule has 3 rings (SSSR count). The molecule has 0 spiro atoms. The Morgan fingerprint density at radius 1 is 1.13 bits per heavy atom. The summed E-state index contributed by atoms with van der Waals surface area (Å²) in [4.78, 5) is 2.60. The molecule has 0 atom stereocenters. The Kier molecular flexibility index (Phi) is 8.17. The predicted molar refractivity (Wildman–Crippen MR) is 122 cm³/mol. The van der Waals surface area contributed by atoms with Gasteiger partial charge in [-0.2, -0.15) is 0 Å². The van der Waals surface area contributed by atoms with Crippen LogP contribution in [0, 0.1) is 5.92 Å². The summed E-state index contributed by atoms with van der Waals surface area (Å²) < 4.78 is 33.7. The fraction of sp³-hybridized carbons (Fsp3) is 0.478. The predicted octanol–water partition coefficient (Wildman–Crippen LogP) is 4.53. The molecule has 1 heterocycles. The minimum absolute atomic E-state index is 0.214. The molecule has 5 nitrogen and oxygen atoms in total. The zero-order valence-corrected chi connectivity index (χ0v) is 19.3. The summed E-state index contributed by atoms with van der Waals surface area (Å²) in [6.45, 7) is 8.27. The molecule has 0 radical (unpaired) electrons. The third-order valence-corrected chi connectivity index (χ3v) is 7.24. The van der Waals surface area contributed by atoms with E-state index >= 15 is 0 Å². The smallest absolute Gasteiger partial charge is 0.240 e. The maximum atomic E-state index is 12.4. The van der Waals surface area contributed by atoms with Gasteiger partial charge in [0.2, 0.25) is 10.0 Å². The van der Waals surface area contributed by atoms with E-state index in [-0.39, 0.29) is 4.90 Å². The van der Waals surface area contributed by atoms with Crippen LogP contribution in [-0.2, 0) is 10.0 Å². The molecule has 0 amide bonds. The Hall–Kier alpha value is -1.60. The lowest BCUT2D eigenvalue weighted by Crippen LogP contribution is -2.40. The van der Waals surface area contributed by atoms with E-state index in [1.165, 1.54) is 11.6 Å². The summed E-state index contributed by atoms with van der Waals surface area (Å²) in [5, 5.41) is 0.421. The minimum atomic E-state index is -3.52. The Labute approximate surface area is 185 Å². The lowest BCUT2D eigenvalue weighted by Gasteiger charge is -2.32. The molecule has 0 saturated carbocycles. The van der Waals surface area contributed by atoms with Crippen molar-refractivity contribution < 1.29 is 13.2 Å². The van der Waals surface area contributed by atoms with Gasteiger partial charge in [-0.05, 0) is 67.6 Å². The third-order valence-electron chi connectivity index (χ3n) is 5.58. The first kappa shape index (κ1) is 23.1. The van der Waals surface area contributed by atoms with E-state index in [1.807, 2.05) is 18.2 Å². The van der Waals surface area contributed by atoms with Gasteiger partial charge in [-0.3, -0.25) is 4.90 Å². The Balaban J connectivity index is 1.40. The molecule has 1 aliphatic rings. The molecule has 1 aliphatic heterocycles. The van der Waals surface area contributed by atoms with E-state index in [9.17, 15) is 8.42 Å². The average molecular weight is 451 g/mol. The number of benzene rings is 2. The number of sulfonamides is 1. The van der Waals surface area contributed by atoms with Gasteiger partial charge >= 0.3 is 0 Å². The van der Waals surface area contributed by atoms with Crippen molar-refractivity contribution in [2.45, 2.75) is 37.5 Å². The topological polar surface area (TPSA) is 58.6 Å². The molecule has 30 heavy (non-hydrogen) atoms. The molecule has 7 heteroatoms. The van der Waals surface area contributed by atoms with E-state index in [1.54, 1.807) is 18.2 Å². The number of halogens is 1. The molecule has 1 saturated heterocycles. The molecule has 2 aromatic carbocycles. The zero-order chi connectivity index (χ0) is 21.6. The summed E-state index contributed by atoms with van der Waals surface area (Å²) in [7, 11) is -3.52. The molecular formula is C23H31ClN2O3S. The van der Waals surface area contributed by atoms with Gasteiger partial charge in [-0.15, -0.1) is 0 Å². The highest BCUT2D eigenvalue weighted by atomic mass is 35.5. The number of para-hydroxylation sites is 1. The van der Waals surface area contributed by atoms with Gasteiger partial charge < -0.3 is 4.74 Å². The molecule has 1 fully saturated rings. The molecule has 2 aromatic rings. The highest BCUT2D eigenvalue weighted by Gasteiger charge is 2.22.